The number of aliphatic hydroxyl groups is 2. The molecular formula is C15H27N3NaO12P2. The van der Waals surface area contributed by atoms with Crippen molar-refractivity contribution in [3.05, 3.63) is 33.1 Å². The molecule has 0 bridgehead atoms. The number of phosphoric acid groups is 2. The zero-order chi connectivity index (χ0) is 23.9. The Morgan fingerprint density at radius 1 is 1.06 bits per heavy atom. The van der Waals surface area contributed by atoms with Gasteiger partial charge in [0, 0.05) is 41.8 Å². The van der Waals surface area contributed by atoms with E-state index in [0.717, 1.165) is 29.7 Å². The standard InChI is InChI=1S/C15H27N3O12P2.Na/c16-6-3-1-2-4-8-27-31(23,24)30-32(25,26)28-9-10-12(20)13(21)14(29-10)18-7-5-11(19)17-15(18)22;/h5,7,10,12-14,20-21H,1-4,6,8-9,16H2,(H,23,24)(H,25,26)(H,17,19,22);. The number of rotatable bonds is 13. The normalized spacial score (nSPS) is 26.3. The Hall–Kier alpha value is -0.220. The zero-order valence-electron chi connectivity index (χ0n) is 17.9. The number of ether oxygens (including phenoxy) is 1. The molecule has 6 unspecified atom stereocenters. The minimum Gasteiger partial charge on any atom is -0.387 e. The number of nitrogens with zero attached hydrogens (tertiary/aromatic N) is 1. The fraction of sp³-hybridized carbons (Fsp3) is 0.733. The second-order valence-corrected chi connectivity index (χ2v) is 9.96. The van der Waals surface area contributed by atoms with Gasteiger partial charge in [-0.25, -0.2) is 13.9 Å². The second kappa shape index (κ2) is 13.8. The average Bonchev–Trinajstić information content (AvgIpc) is 2.97. The van der Waals surface area contributed by atoms with E-state index in [1.54, 1.807) is 0 Å². The molecule has 0 saturated carbocycles. The van der Waals surface area contributed by atoms with Crippen LogP contribution in [0.25, 0.3) is 0 Å². The summed E-state index contributed by atoms with van der Waals surface area (Å²) in [5.41, 5.74) is 3.73. The van der Waals surface area contributed by atoms with Gasteiger partial charge >= 0.3 is 21.3 Å². The Morgan fingerprint density at radius 2 is 1.70 bits per heavy atom. The zero-order valence-corrected chi connectivity index (χ0v) is 21.7. The van der Waals surface area contributed by atoms with Crippen LogP contribution in [0.5, 0.6) is 0 Å². The second-order valence-electron chi connectivity index (χ2n) is 6.91. The predicted octanol–water partition coefficient (Wildman–Crippen LogP) is -1.46. The van der Waals surface area contributed by atoms with Crippen molar-refractivity contribution >= 4 is 45.2 Å². The number of nitrogens with two attached hydrogens (primary N) is 1. The molecule has 6 atom stereocenters. The van der Waals surface area contributed by atoms with Crippen LogP contribution >= 0.6 is 15.6 Å². The topological polar surface area (TPSA) is 233 Å². The van der Waals surface area contributed by atoms with Crippen LogP contribution in [0, 0.1) is 0 Å². The first-order valence-electron chi connectivity index (χ1n) is 9.65. The molecule has 18 heteroatoms. The maximum atomic E-state index is 12.0. The number of aromatic nitrogens is 2. The summed E-state index contributed by atoms with van der Waals surface area (Å²) in [5, 5.41) is 20.2. The molecule has 2 rings (SSSR count). The monoisotopic (exact) mass is 526 g/mol. The molecule has 33 heavy (non-hydrogen) atoms. The van der Waals surface area contributed by atoms with Crippen LogP contribution in [-0.4, -0.2) is 97.2 Å². The van der Waals surface area contributed by atoms with Gasteiger partial charge in [-0.1, -0.05) is 12.8 Å². The van der Waals surface area contributed by atoms with Gasteiger partial charge < -0.3 is 30.5 Å². The Labute approximate surface area is 210 Å². The Morgan fingerprint density at radius 3 is 2.33 bits per heavy atom. The smallest absolute Gasteiger partial charge is 0.387 e. The molecule has 1 aromatic rings. The van der Waals surface area contributed by atoms with Gasteiger partial charge in [-0.3, -0.25) is 23.4 Å². The van der Waals surface area contributed by atoms with Crippen molar-refractivity contribution in [2.75, 3.05) is 19.8 Å². The van der Waals surface area contributed by atoms with Crippen LogP contribution in [0.4, 0.5) is 0 Å². The van der Waals surface area contributed by atoms with Crippen LogP contribution < -0.4 is 17.0 Å². The van der Waals surface area contributed by atoms with Gasteiger partial charge in [0.25, 0.3) is 5.56 Å². The Bertz CT molecular complexity index is 959. The number of unbranched alkanes of at least 4 members (excludes halogenated alkanes) is 3. The third-order valence-corrected chi connectivity index (χ3v) is 7.06. The van der Waals surface area contributed by atoms with Crippen molar-refractivity contribution in [1.29, 1.82) is 0 Å². The SMILES string of the molecule is NCCCCCCOP(=O)(O)OP(=O)(O)OCC1OC(n2ccc(=O)[nH]c2=O)C(O)C1O.[Na]. The van der Waals surface area contributed by atoms with Gasteiger partial charge in [0.05, 0.1) is 13.2 Å². The Kier molecular flexibility index (Phi) is 12.8. The molecule has 185 valence electrons. The molecular weight excluding hydrogens is 499 g/mol. The number of hydrogen-bond donors (Lipinski definition) is 6. The van der Waals surface area contributed by atoms with Crippen molar-refractivity contribution in [3.63, 3.8) is 0 Å². The number of aliphatic hydroxyl groups excluding tert-OH is 2. The van der Waals surface area contributed by atoms with E-state index in [1.165, 1.54) is 0 Å². The number of H-pyrrole nitrogens is 1. The molecule has 1 aliphatic heterocycles. The predicted molar refractivity (Wildman–Crippen MR) is 113 cm³/mol. The molecule has 1 fully saturated rings. The summed E-state index contributed by atoms with van der Waals surface area (Å²) in [6.45, 7) is -0.531. The van der Waals surface area contributed by atoms with Gasteiger partial charge in [0.1, 0.15) is 18.3 Å². The minimum atomic E-state index is -5.13. The van der Waals surface area contributed by atoms with E-state index in [4.69, 9.17) is 10.5 Å². The first-order valence-corrected chi connectivity index (χ1v) is 12.6. The average molecular weight is 526 g/mol. The van der Waals surface area contributed by atoms with Gasteiger partial charge in [-0.05, 0) is 19.4 Å². The van der Waals surface area contributed by atoms with E-state index in [2.05, 4.69) is 13.4 Å². The van der Waals surface area contributed by atoms with Crippen LogP contribution in [0.1, 0.15) is 31.9 Å². The van der Waals surface area contributed by atoms with E-state index < -0.39 is 58.0 Å². The number of hydrogen-bond acceptors (Lipinski definition) is 11. The number of nitrogens with one attached hydrogen (secondary N) is 1. The molecule has 1 aromatic heterocycles. The van der Waals surface area contributed by atoms with Gasteiger partial charge in [-0.2, -0.15) is 4.31 Å². The van der Waals surface area contributed by atoms with Crippen molar-refractivity contribution < 1.29 is 47.2 Å². The molecule has 0 aliphatic carbocycles. The van der Waals surface area contributed by atoms with Crippen molar-refractivity contribution in [2.24, 2.45) is 5.73 Å². The summed E-state index contributed by atoms with van der Waals surface area (Å²) in [6.07, 6.45) is -2.50. The summed E-state index contributed by atoms with van der Waals surface area (Å²) < 4.78 is 43.3. The maximum absolute atomic E-state index is 12.0. The first kappa shape index (κ1) is 30.8. The molecule has 1 saturated heterocycles. The van der Waals surface area contributed by atoms with Gasteiger partial charge in [0.15, 0.2) is 6.23 Å². The van der Waals surface area contributed by atoms with Crippen molar-refractivity contribution in [2.45, 2.75) is 50.2 Å². The summed E-state index contributed by atoms with van der Waals surface area (Å²) >= 11 is 0. The third-order valence-electron chi connectivity index (χ3n) is 4.42. The van der Waals surface area contributed by atoms with E-state index in [-0.39, 0.29) is 36.2 Å². The van der Waals surface area contributed by atoms with Crippen molar-refractivity contribution in [3.8, 4) is 0 Å². The first-order chi connectivity index (χ1) is 15.0. The molecule has 0 spiro atoms. The van der Waals surface area contributed by atoms with E-state index in [0.29, 0.717) is 19.4 Å². The maximum Gasteiger partial charge on any atom is 0.481 e. The van der Waals surface area contributed by atoms with Crippen LogP contribution in [0.2, 0.25) is 0 Å². The molecule has 0 amide bonds. The van der Waals surface area contributed by atoms with Crippen LogP contribution in [0.3, 0.4) is 0 Å². The van der Waals surface area contributed by atoms with E-state index >= 15 is 0 Å². The van der Waals surface area contributed by atoms with Crippen molar-refractivity contribution in [1.82, 2.24) is 9.55 Å². The van der Waals surface area contributed by atoms with E-state index in [9.17, 15) is 38.7 Å². The third kappa shape index (κ3) is 9.74. The van der Waals surface area contributed by atoms with Crippen LogP contribution in [0.15, 0.2) is 21.9 Å². The van der Waals surface area contributed by atoms with Gasteiger partial charge in [-0.15, -0.1) is 0 Å². The largest absolute Gasteiger partial charge is 0.481 e. The summed E-state index contributed by atoms with van der Waals surface area (Å²) in [7, 11) is -10.1. The number of phosphoric ester groups is 2. The van der Waals surface area contributed by atoms with E-state index in [1.807, 2.05) is 4.98 Å². The fourth-order valence-electron chi connectivity index (χ4n) is 2.85. The summed E-state index contributed by atoms with van der Waals surface area (Å²) in [6, 6.07) is 0.987. The molecule has 15 nitrogen and oxygen atoms in total. The molecule has 1 aliphatic rings. The molecule has 1 radical (unpaired) electrons. The molecule has 0 aromatic carbocycles. The molecule has 2 heterocycles. The summed E-state index contributed by atoms with van der Waals surface area (Å²) in [4.78, 5) is 44.2. The Balaban J connectivity index is 0.00000544. The van der Waals surface area contributed by atoms with Gasteiger partial charge in [0.2, 0.25) is 0 Å². The molecule has 7 N–H and O–H groups in total. The quantitative estimate of drug-likeness (QED) is 0.0981. The number of aromatic amines is 1. The summed E-state index contributed by atoms with van der Waals surface area (Å²) in [5.74, 6) is 0. The fourth-order valence-corrected chi connectivity index (χ4v) is 4.96. The van der Waals surface area contributed by atoms with Crippen LogP contribution in [-0.2, 0) is 27.2 Å². The minimum absolute atomic E-state index is 0.